The fourth-order valence-corrected chi connectivity index (χ4v) is 4.40. The molecular formula is C12H13BrN2O5S2. The number of sulfonamides is 1. The number of carbonyl (C=O) groups is 1. The van der Waals surface area contributed by atoms with E-state index in [9.17, 15) is 21.6 Å². The number of hydrogen-bond acceptors (Lipinski definition) is 5. The monoisotopic (exact) mass is 408 g/mol. The summed E-state index contributed by atoms with van der Waals surface area (Å²) in [6.07, 6.45) is 5.78. The molecule has 3 N–H and O–H groups in total. The number of terminal acetylenes is 1. The Bertz CT molecular complexity index is 841. The molecule has 22 heavy (non-hydrogen) atoms. The van der Waals surface area contributed by atoms with E-state index in [2.05, 4.69) is 26.6 Å². The average molecular weight is 409 g/mol. The Morgan fingerprint density at radius 2 is 2.00 bits per heavy atom. The normalized spacial score (nSPS) is 13.3. The minimum atomic E-state index is -4.20. The molecule has 0 saturated carbocycles. The van der Waals surface area contributed by atoms with Gasteiger partial charge in [0.1, 0.15) is 6.04 Å². The summed E-state index contributed by atoms with van der Waals surface area (Å²) in [5, 5.41) is 0. The minimum Gasteiger partial charge on any atom is -0.368 e. The summed E-state index contributed by atoms with van der Waals surface area (Å²) in [5.74, 6) is 1.20. The van der Waals surface area contributed by atoms with Crippen LogP contribution in [0.2, 0.25) is 0 Å². The number of hydrogen-bond donors (Lipinski definition) is 2. The average Bonchev–Trinajstić information content (AvgIpc) is 2.36. The van der Waals surface area contributed by atoms with Gasteiger partial charge in [-0.25, -0.2) is 16.8 Å². The number of carbonyl (C=O) groups excluding carboxylic acids is 1. The van der Waals surface area contributed by atoms with Gasteiger partial charge in [-0.15, -0.1) is 12.3 Å². The maximum Gasteiger partial charge on any atom is 0.242 e. The van der Waals surface area contributed by atoms with Crippen molar-refractivity contribution in [3.8, 4) is 12.3 Å². The Morgan fingerprint density at radius 1 is 1.41 bits per heavy atom. The van der Waals surface area contributed by atoms with Crippen LogP contribution in [0.3, 0.4) is 0 Å². The number of nitrogens with one attached hydrogen (secondary N) is 1. The Kier molecular flexibility index (Phi) is 5.75. The van der Waals surface area contributed by atoms with Crippen LogP contribution in [0.1, 0.15) is 6.42 Å². The van der Waals surface area contributed by atoms with Crippen molar-refractivity contribution >= 4 is 41.7 Å². The molecule has 7 nitrogen and oxygen atoms in total. The quantitative estimate of drug-likeness (QED) is 0.641. The van der Waals surface area contributed by atoms with Crippen LogP contribution in [0.4, 0.5) is 0 Å². The van der Waals surface area contributed by atoms with E-state index in [1.165, 1.54) is 12.1 Å². The Labute approximate surface area is 137 Å². The topological polar surface area (TPSA) is 123 Å². The zero-order valence-corrected chi connectivity index (χ0v) is 14.6. The van der Waals surface area contributed by atoms with Gasteiger partial charge in [-0.05, 0) is 34.1 Å². The van der Waals surface area contributed by atoms with Crippen molar-refractivity contribution in [3.05, 3.63) is 22.7 Å². The van der Waals surface area contributed by atoms with E-state index in [1.54, 1.807) is 0 Å². The van der Waals surface area contributed by atoms with Crippen LogP contribution < -0.4 is 10.5 Å². The van der Waals surface area contributed by atoms with E-state index in [4.69, 9.17) is 12.2 Å². The lowest BCUT2D eigenvalue weighted by atomic mass is 10.2. The molecule has 0 aromatic heterocycles. The highest BCUT2D eigenvalue weighted by molar-refractivity contribution is 9.10. The van der Waals surface area contributed by atoms with Gasteiger partial charge in [0, 0.05) is 17.1 Å². The molecule has 1 rings (SSSR count). The molecule has 0 spiro atoms. The van der Waals surface area contributed by atoms with Gasteiger partial charge in [-0.3, -0.25) is 4.79 Å². The zero-order valence-electron chi connectivity index (χ0n) is 11.4. The molecule has 1 atom stereocenters. The second-order valence-corrected chi connectivity index (χ2v) is 8.90. The molecule has 0 heterocycles. The number of nitrogens with two attached hydrogens (primary N) is 1. The summed E-state index contributed by atoms with van der Waals surface area (Å²) in [7, 11) is -7.79. The predicted octanol–water partition coefficient (Wildman–Crippen LogP) is 0.00810. The van der Waals surface area contributed by atoms with Crippen molar-refractivity contribution in [3.63, 3.8) is 0 Å². The van der Waals surface area contributed by atoms with Gasteiger partial charge in [-0.1, -0.05) is 0 Å². The molecule has 0 aliphatic heterocycles. The van der Waals surface area contributed by atoms with Gasteiger partial charge in [0.05, 0.1) is 9.79 Å². The molecule has 0 radical (unpaired) electrons. The standard InChI is InChI=1S/C12H13BrN2O5S2/c1-3-4-10(12(14)16)15-22(19,20)11-7-8(21(2,17)18)5-6-9(11)13/h1,5-7,10,15H,4H2,2H3,(H2,14,16)/t10-/m1/s1. The first-order valence-electron chi connectivity index (χ1n) is 5.73. The molecule has 10 heteroatoms. The van der Waals surface area contributed by atoms with Crippen molar-refractivity contribution in [1.82, 2.24) is 4.72 Å². The molecule has 120 valence electrons. The largest absolute Gasteiger partial charge is 0.368 e. The number of sulfone groups is 1. The van der Waals surface area contributed by atoms with Crippen LogP contribution in [-0.4, -0.2) is 35.0 Å². The number of amides is 1. The number of rotatable bonds is 6. The highest BCUT2D eigenvalue weighted by Gasteiger charge is 2.26. The molecule has 0 unspecified atom stereocenters. The van der Waals surface area contributed by atoms with Gasteiger partial charge >= 0.3 is 0 Å². The summed E-state index contributed by atoms with van der Waals surface area (Å²) < 4.78 is 49.9. The zero-order chi connectivity index (χ0) is 17.1. The van der Waals surface area contributed by atoms with E-state index >= 15 is 0 Å². The molecule has 0 bridgehead atoms. The number of halogens is 1. The molecule has 0 aliphatic carbocycles. The molecule has 0 aliphatic rings. The summed E-state index contributed by atoms with van der Waals surface area (Å²) in [5.41, 5.74) is 5.08. The van der Waals surface area contributed by atoms with Crippen LogP contribution in [0.5, 0.6) is 0 Å². The number of primary amides is 1. The van der Waals surface area contributed by atoms with Crippen LogP contribution >= 0.6 is 15.9 Å². The van der Waals surface area contributed by atoms with Crippen LogP contribution in [0, 0.1) is 12.3 Å². The van der Waals surface area contributed by atoms with Gasteiger partial charge in [0.2, 0.25) is 15.9 Å². The van der Waals surface area contributed by atoms with Crippen molar-refractivity contribution in [2.75, 3.05) is 6.26 Å². The third-order valence-corrected chi connectivity index (χ3v) is 6.16. The van der Waals surface area contributed by atoms with Crippen LogP contribution in [0.15, 0.2) is 32.5 Å². The molecule has 0 saturated heterocycles. The van der Waals surface area contributed by atoms with Gasteiger partial charge < -0.3 is 5.73 Å². The summed E-state index contributed by atoms with van der Waals surface area (Å²) in [6.45, 7) is 0. The van der Waals surface area contributed by atoms with E-state index in [0.29, 0.717) is 0 Å². The second kappa shape index (κ2) is 6.78. The highest BCUT2D eigenvalue weighted by atomic mass is 79.9. The summed E-state index contributed by atoms with van der Waals surface area (Å²) in [4.78, 5) is 10.7. The fourth-order valence-electron chi connectivity index (χ4n) is 1.49. The minimum absolute atomic E-state index is 0.135. The summed E-state index contributed by atoms with van der Waals surface area (Å²) in [6, 6.07) is 2.23. The fraction of sp³-hybridized carbons (Fsp3) is 0.250. The van der Waals surface area contributed by atoms with Crippen LogP contribution in [-0.2, 0) is 24.7 Å². The maximum atomic E-state index is 12.3. The van der Waals surface area contributed by atoms with Crippen molar-refractivity contribution < 1.29 is 21.6 Å². The van der Waals surface area contributed by atoms with Crippen molar-refractivity contribution in [2.24, 2.45) is 5.73 Å². The smallest absolute Gasteiger partial charge is 0.242 e. The van der Waals surface area contributed by atoms with E-state index in [0.717, 1.165) is 12.3 Å². The van der Waals surface area contributed by atoms with Gasteiger partial charge in [0.25, 0.3) is 0 Å². The van der Waals surface area contributed by atoms with E-state index in [1.807, 2.05) is 0 Å². The Hall–Kier alpha value is -1.41. The SMILES string of the molecule is C#CC[C@@H](NS(=O)(=O)c1cc(S(C)(=O)=O)ccc1Br)C(N)=O. The third kappa shape index (κ3) is 4.54. The second-order valence-electron chi connectivity index (χ2n) is 4.35. The van der Waals surface area contributed by atoms with Crippen molar-refractivity contribution in [2.45, 2.75) is 22.3 Å². The Morgan fingerprint density at radius 3 is 2.45 bits per heavy atom. The van der Waals surface area contributed by atoms with Crippen molar-refractivity contribution in [1.29, 1.82) is 0 Å². The Balaban J connectivity index is 3.34. The molecular weight excluding hydrogens is 396 g/mol. The predicted molar refractivity (Wildman–Crippen MR) is 84.0 cm³/mol. The number of benzene rings is 1. The summed E-state index contributed by atoms with van der Waals surface area (Å²) >= 11 is 3.03. The highest BCUT2D eigenvalue weighted by Crippen LogP contribution is 2.25. The van der Waals surface area contributed by atoms with Gasteiger partial charge in [0.15, 0.2) is 9.84 Å². The van der Waals surface area contributed by atoms with Gasteiger partial charge in [-0.2, -0.15) is 4.72 Å². The van der Waals surface area contributed by atoms with E-state index < -0.39 is 31.8 Å². The molecule has 0 fully saturated rings. The lowest BCUT2D eigenvalue weighted by molar-refractivity contribution is -0.119. The first kappa shape index (κ1) is 18.6. The third-order valence-electron chi connectivity index (χ3n) is 2.58. The first-order chi connectivity index (χ1) is 9.99. The molecule has 1 aromatic carbocycles. The lowest BCUT2D eigenvalue weighted by Crippen LogP contribution is -2.44. The molecule has 1 amide bonds. The van der Waals surface area contributed by atoms with E-state index in [-0.39, 0.29) is 20.7 Å². The molecule has 1 aromatic rings. The maximum absolute atomic E-state index is 12.3. The first-order valence-corrected chi connectivity index (χ1v) is 9.90. The van der Waals surface area contributed by atoms with Crippen LogP contribution in [0.25, 0.3) is 0 Å². The lowest BCUT2D eigenvalue weighted by Gasteiger charge is -2.14.